The van der Waals surface area contributed by atoms with Crippen molar-refractivity contribution in [2.75, 3.05) is 33.4 Å². The minimum Gasteiger partial charge on any atom is -0.383 e. The zero-order valence-corrected chi connectivity index (χ0v) is 9.17. The van der Waals surface area contributed by atoms with Gasteiger partial charge in [0.1, 0.15) is 0 Å². The summed E-state index contributed by atoms with van der Waals surface area (Å²) in [5.74, 6) is 0. The van der Waals surface area contributed by atoms with Crippen molar-refractivity contribution in [2.24, 2.45) is 0 Å². The highest BCUT2D eigenvalue weighted by Gasteiger charge is 2.32. The molecule has 82 valence electrons. The van der Waals surface area contributed by atoms with Crippen molar-refractivity contribution < 1.29 is 4.74 Å². The maximum absolute atomic E-state index is 5.16. The van der Waals surface area contributed by atoms with Crippen molar-refractivity contribution >= 4 is 0 Å². The Morgan fingerprint density at radius 1 is 1.36 bits per heavy atom. The smallest absolute Gasteiger partial charge is 0.0589 e. The molecule has 0 aromatic rings. The summed E-state index contributed by atoms with van der Waals surface area (Å²) < 4.78 is 5.16. The van der Waals surface area contributed by atoms with Crippen molar-refractivity contribution in [3.63, 3.8) is 0 Å². The molecule has 2 rings (SSSR count). The van der Waals surface area contributed by atoms with E-state index in [1.165, 1.54) is 32.2 Å². The summed E-state index contributed by atoms with van der Waals surface area (Å²) in [4.78, 5) is 2.61. The monoisotopic (exact) mass is 198 g/mol. The maximum Gasteiger partial charge on any atom is 0.0589 e. The zero-order chi connectivity index (χ0) is 9.80. The molecule has 0 radical (unpaired) electrons. The van der Waals surface area contributed by atoms with Crippen LogP contribution in [0.15, 0.2) is 0 Å². The summed E-state index contributed by atoms with van der Waals surface area (Å²) in [5, 5.41) is 3.64. The Balaban J connectivity index is 1.88. The van der Waals surface area contributed by atoms with Gasteiger partial charge in [0.25, 0.3) is 0 Å². The normalized spacial score (nSPS) is 34.1. The summed E-state index contributed by atoms with van der Waals surface area (Å²) in [6.07, 6.45) is 5.56. The number of ether oxygens (including phenoxy) is 1. The topological polar surface area (TPSA) is 24.5 Å². The zero-order valence-electron chi connectivity index (χ0n) is 9.17. The lowest BCUT2D eigenvalue weighted by Gasteiger charge is -2.44. The Hall–Kier alpha value is -0.120. The largest absolute Gasteiger partial charge is 0.383 e. The first-order valence-corrected chi connectivity index (χ1v) is 5.88. The Bertz CT molecular complexity index is 173. The molecule has 2 fully saturated rings. The molecule has 0 aromatic carbocycles. The summed E-state index contributed by atoms with van der Waals surface area (Å²) in [5.41, 5.74) is 0. The lowest BCUT2D eigenvalue weighted by molar-refractivity contribution is 0.0601. The van der Waals surface area contributed by atoms with Gasteiger partial charge in [-0.3, -0.25) is 4.90 Å². The first kappa shape index (κ1) is 10.4. The second-order valence-corrected chi connectivity index (χ2v) is 4.44. The highest BCUT2D eigenvalue weighted by Crippen LogP contribution is 2.24. The summed E-state index contributed by atoms with van der Waals surface area (Å²) >= 11 is 0. The number of fused-ring (bicyclic) bond motifs is 1. The van der Waals surface area contributed by atoms with Crippen LogP contribution in [-0.2, 0) is 4.74 Å². The quantitative estimate of drug-likeness (QED) is 0.727. The van der Waals surface area contributed by atoms with Gasteiger partial charge < -0.3 is 10.1 Å². The highest BCUT2D eigenvalue weighted by molar-refractivity contribution is 4.91. The molecule has 2 aliphatic rings. The van der Waals surface area contributed by atoms with Crippen molar-refractivity contribution in [1.82, 2.24) is 10.2 Å². The molecule has 0 bridgehead atoms. The van der Waals surface area contributed by atoms with Gasteiger partial charge >= 0.3 is 0 Å². The van der Waals surface area contributed by atoms with Crippen LogP contribution in [0.4, 0.5) is 0 Å². The van der Waals surface area contributed by atoms with Crippen molar-refractivity contribution in [2.45, 2.75) is 37.8 Å². The van der Waals surface area contributed by atoms with Crippen LogP contribution in [0, 0.1) is 0 Å². The third-order valence-corrected chi connectivity index (χ3v) is 3.59. The molecular weight excluding hydrogens is 176 g/mol. The SMILES string of the molecule is COCCN1CCNC2CCCC[C@@H]21. The van der Waals surface area contributed by atoms with Crippen LogP contribution in [0.1, 0.15) is 25.7 Å². The number of rotatable bonds is 3. The number of hydrogen-bond acceptors (Lipinski definition) is 3. The predicted octanol–water partition coefficient (Wildman–Crippen LogP) is 0.849. The second kappa shape index (κ2) is 5.10. The van der Waals surface area contributed by atoms with Gasteiger partial charge in [0.05, 0.1) is 6.61 Å². The molecule has 1 aliphatic carbocycles. The fraction of sp³-hybridized carbons (Fsp3) is 1.00. The molecule has 1 saturated carbocycles. The predicted molar refractivity (Wildman–Crippen MR) is 57.5 cm³/mol. The van der Waals surface area contributed by atoms with E-state index in [2.05, 4.69) is 10.2 Å². The van der Waals surface area contributed by atoms with Crippen LogP contribution >= 0.6 is 0 Å². The molecule has 1 saturated heterocycles. The third kappa shape index (κ3) is 2.27. The van der Waals surface area contributed by atoms with Gasteiger partial charge in [-0.2, -0.15) is 0 Å². The Kier molecular flexibility index (Phi) is 3.79. The third-order valence-electron chi connectivity index (χ3n) is 3.59. The van der Waals surface area contributed by atoms with Crippen molar-refractivity contribution in [1.29, 1.82) is 0 Å². The maximum atomic E-state index is 5.16. The first-order chi connectivity index (χ1) is 6.92. The minimum atomic E-state index is 0.759. The molecule has 1 aliphatic heterocycles. The van der Waals surface area contributed by atoms with Gasteiger partial charge in [-0.25, -0.2) is 0 Å². The standard InChI is InChI=1S/C11H22N2O/c1-14-9-8-13-7-6-12-10-4-2-3-5-11(10)13/h10-12H,2-9H2,1H3/t10?,11-/m0/s1. The van der Waals surface area contributed by atoms with Crippen LogP contribution in [0.25, 0.3) is 0 Å². The minimum absolute atomic E-state index is 0.759. The van der Waals surface area contributed by atoms with Crippen LogP contribution in [0.3, 0.4) is 0 Å². The van der Waals surface area contributed by atoms with Gasteiger partial charge in [-0.05, 0) is 12.8 Å². The molecule has 14 heavy (non-hydrogen) atoms. The van der Waals surface area contributed by atoms with E-state index >= 15 is 0 Å². The molecule has 3 nitrogen and oxygen atoms in total. The average Bonchev–Trinajstić information content (AvgIpc) is 2.26. The van der Waals surface area contributed by atoms with Crippen LogP contribution < -0.4 is 5.32 Å². The number of methoxy groups -OCH3 is 1. The number of piperazine rings is 1. The Labute approximate surface area is 86.8 Å². The fourth-order valence-electron chi connectivity index (χ4n) is 2.83. The van der Waals surface area contributed by atoms with Gasteiger partial charge in [-0.15, -0.1) is 0 Å². The van der Waals surface area contributed by atoms with Crippen LogP contribution in [0.5, 0.6) is 0 Å². The second-order valence-electron chi connectivity index (χ2n) is 4.44. The molecule has 2 atom stereocenters. The Morgan fingerprint density at radius 2 is 2.21 bits per heavy atom. The molecule has 1 N–H and O–H groups in total. The van der Waals surface area contributed by atoms with Crippen LogP contribution in [0.2, 0.25) is 0 Å². The van der Waals surface area contributed by atoms with E-state index in [1.54, 1.807) is 7.11 Å². The van der Waals surface area contributed by atoms with E-state index in [1.807, 2.05) is 0 Å². The van der Waals surface area contributed by atoms with Gasteiger partial charge in [0, 0.05) is 38.8 Å². The van der Waals surface area contributed by atoms with Crippen molar-refractivity contribution in [3.8, 4) is 0 Å². The Morgan fingerprint density at radius 3 is 3.07 bits per heavy atom. The van der Waals surface area contributed by atoms with E-state index in [-0.39, 0.29) is 0 Å². The molecule has 0 amide bonds. The number of hydrogen-bond donors (Lipinski definition) is 1. The van der Waals surface area contributed by atoms with Gasteiger partial charge in [-0.1, -0.05) is 12.8 Å². The lowest BCUT2D eigenvalue weighted by atomic mass is 9.87. The lowest BCUT2D eigenvalue weighted by Crippen LogP contribution is -2.59. The highest BCUT2D eigenvalue weighted by atomic mass is 16.5. The average molecular weight is 198 g/mol. The summed E-state index contributed by atoms with van der Waals surface area (Å²) in [6, 6.07) is 1.54. The molecule has 0 spiro atoms. The molecular formula is C11H22N2O. The van der Waals surface area contributed by atoms with E-state index in [0.717, 1.165) is 31.8 Å². The molecule has 3 heteroatoms. The van der Waals surface area contributed by atoms with E-state index in [0.29, 0.717) is 0 Å². The molecule has 1 heterocycles. The van der Waals surface area contributed by atoms with E-state index in [4.69, 9.17) is 4.74 Å². The van der Waals surface area contributed by atoms with Gasteiger partial charge in [0.15, 0.2) is 0 Å². The van der Waals surface area contributed by atoms with E-state index in [9.17, 15) is 0 Å². The fourth-order valence-corrected chi connectivity index (χ4v) is 2.83. The summed E-state index contributed by atoms with van der Waals surface area (Å²) in [6.45, 7) is 4.35. The number of nitrogens with zero attached hydrogens (tertiary/aromatic N) is 1. The van der Waals surface area contributed by atoms with Crippen molar-refractivity contribution in [3.05, 3.63) is 0 Å². The summed E-state index contributed by atoms with van der Waals surface area (Å²) in [7, 11) is 1.79. The van der Waals surface area contributed by atoms with Crippen LogP contribution in [-0.4, -0.2) is 50.3 Å². The van der Waals surface area contributed by atoms with Gasteiger partial charge in [0.2, 0.25) is 0 Å². The van der Waals surface area contributed by atoms with E-state index < -0.39 is 0 Å². The molecule has 1 unspecified atom stereocenters. The first-order valence-electron chi connectivity index (χ1n) is 5.88. The molecule has 0 aromatic heterocycles. The number of nitrogens with one attached hydrogen (secondary N) is 1.